The maximum absolute atomic E-state index is 11.5. The Bertz CT molecular complexity index is 510. The molecular weight excluding hydrogens is 307 g/mol. The molecule has 1 rings (SSSR count). The minimum atomic E-state index is -1.64. The molecule has 110 valence electrons. The van der Waals surface area contributed by atoms with Crippen LogP contribution in [-0.4, -0.2) is 34.9 Å². The highest BCUT2D eigenvalue weighted by Crippen LogP contribution is 2.25. The van der Waals surface area contributed by atoms with Gasteiger partial charge in [-0.05, 0) is 24.6 Å². The fourth-order valence-electron chi connectivity index (χ4n) is 1.45. The zero-order valence-electron chi connectivity index (χ0n) is 10.6. The molecular formula is C12H14Cl2N2O4. The Morgan fingerprint density at radius 1 is 1.35 bits per heavy atom. The van der Waals surface area contributed by atoms with Gasteiger partial charge < -0.3 is 20.8 Å². The Labute approximate surface area is 125 Å². The van der Waals surface area contributed by atoms with Gasteiger partial charge in [0.1, 0.15) is 0 Å². The molecule has 6 nitrogen and oxygen atoms in total. The van der Waals surface area contributed by atoms with Crippen molar-refractivity contribution in [3.63, 3.8) is 0 Å². The third-order valence-corrected chi connectivity index (χ3v) is 3.08. The predicted molar refractivity (Wildman–Crippen MR) is 75.1 cm³/mol. The van der Waals surface area contributed by atoms with Crippen LogP contribution in [0.3, 0.4) is 0 Å². The minimum Gasteiger partial charge on any atom is -0.479 e. The first-order valence-corrected chi connectivity index (χ1v) is 6.47. The second-order valence-corrected chi connectivity index (χ2v) is 4.94. The molecule has 0 bridgehead atoms. The lowest BCUT2D eigenvalue weighted by molar-refractivity contribution is -0.146. The first-order chi connectivity index (χ1) is 9.31. The van der Waals surface area contributed by atoms with Crippen LogP contribution in [0.25, 0.3) is 0 Å². The van der Waals surface area contributed by atoms with E-state index in [1.165, 1.54) is 0 Å². The number of carboxylic acid groups (broad SMARTS) is 1. The number of nitrogens with one attached hydrogen (secondary N) is 2. The van der Waals surface area contributed by atoms with Gasteiger partial charge in [-0.3, -0.25) is 0 Å². The summed E-state index contributed by atoms with van der Waals surface area (Å²) in [6, 6.07) is 3.88. The summed E-state index contributed by atoms with van der Waals surface area (Å²) in [5.74, 6) is -1.40. The van der Waals surface area contributed by atoms with E-state index in [1.807, 2.05) is 0 Å². The number of carbonyl (C=O) groups is 2. The molecule has 1 aromatic carbocycles. The minimum absolute atomic E-state index is 0.387. The van der Waals surface area contributed by atoms with Gasteiger partial charge in [0.05, 0.1) is 12.6 Å². The number of amides is 2. The summed E-state index contributed by atoms with van der Waals surface area (Å²) in [5.41, 5.74) is 0.671. The number of hydrogen-bond donors (Lipinski definition) is 4. The van der Waals surface area contributed by atoms with Crippen LogP contribution in [-0.2, 0) is 4.79 Å². The lowest BCUT2D eigenvalue weighted by Gasteiger charge is -2.17. The van der Waals surface area contributed by atoms with Crippen molar-refractivity contribution in [3.05, 3.63) is 33.8 Å². The molecule has 4 N–H and O–H groups in total. The molecule has 0 radical (unpaired) electrons. The van der Waals surface area contributed by atoms with Gasteiger partial charge in [0, 0.05) is 10.0 Å². The Morgan fingerprint density at radius 2 is 2.00 bits per heavy atom. The van der Waals surface area contributed by atoms with Crippen molar-refractivity contribution in [3.8, 4) is 0 Å². The number of aliphatic carboxylic acids is 1. The van der Waals surface area contributed by atoms with E-state index in [0.717, 1.165) is 0 Å². The zero-order chi connectivity index (χ0) is 15.3. The topological polar surface area (TPSA) is 98.7 Å². The molecule has 2 amide bonds. The molecule has 0 spiro atoms. The van der Waals surface area contributed by atoms with Crippen molar-refractivity contribution in [1.82, 2.24) is 10.6 Å². The Balaban J connectivity index is 2.55. The van der Waals surface area contributed by atoms with Crippen molar-refractivity contribution >= 4 is 35.2 Å². The van der Waals surface area contributed by atoms with E-state index in [1.54, 1.807) is 25.1 Å². The van der Waals surface area contributed by atoms with Crippen LogP contribution in [0.2, 0.25) is 10.0 Å². The molecule has 0 saturated carbocycles. The van der Waals surface area contributed by atoms with Crippen molar-refractivity contribution in [1.29, 1.82) is 0 Å². The van der Waals surface area contributed by atoms with Crippen LogP contribution in [0.4, 0.5) is 4.79 Å². The molecule has 20 heavy (non-hydrogen) atoms. The van der Waals surface area contributed by atoms with Crippen molar-refractivity contribution in [2.45, 2.75) is 19.1 Å². The van der Waals surface area contributed by atoms with E-state index in [-0.39, 0.29) is 6.54 Å². The highest BCUT2D eigenvalue weighted by molar-refractivity contribution is 6.35. The summed E-state index contributed by atoms with van der Waals surface area (Å²) in [7, 11) is 0. The quantitative estimate of drug-likeness (QED) is 0.664. The molecule has 0 aliphatic carbocycles. The van der Waals surface area contributed by atoms with Crippen molar-refractivity contribution in [2.75, 3.05) is 6.54 Å². The Kier molecular flexibility index (Phi) is 6.06. The van der Waals surface area contributed by atoms with Crippen LogP contribution in [0.5, 0.6) is 0 Å². The fraction of sp³-hybridized carbons (Fsp3) is 0.333. The molecule has 0 aliphatic heterocycles. The Morgan fingerprint density at radius 3 is 2.55 bits per heavy atom. The van der Waals surface area contributed by atoms with Crippen molar-refractivity contribution in [2.24, 2.45) is 0 Å². The first-order valence-electron chi connectivity index (χ1n) is 5.71. The SMILES string of the molecule is CC(NC(=O)NC[C@H](O)C(=O)O)c1ccc(Cl)cc1Cl. The van der Waals surface area contributed by atoms with Crippen molar-refractivity contribution < 1.29 is 19.8 Å². The monoisotopic (exact) mass is 320 g/mol. The Hall–Kier alpha value is -1.50. The number of carbonyl (C=O) groups excluding carboxylic acids is 1. The van der Waals surface area contributed by atoms with E-state index in [0.29, 0.717) is 15.6 Å². The summed E-state index contributed by atoms with van der Waals surface area (Å²) >= 11 is 11.8. The second kappa shape index (κ2) is 7.33. The smallest absolute Gasteiger partial charge is 0.334 e. The standard InChI is InChI=1S/C12H14Cl2N2O4/c1-6(8-3-2-7(13)4-9(8)14)16-12(20)15-5-10(17)11(18)19/h2-4,6,10,17H,5H2,1H3,(H,18,19)(H2,15,16,20)/t6?,10-/m0/s1. The van der Waals surface area contributed by atoms with Gasteiger partial charge in [0.25, 0.3) is 0 Å². The normalized spacial score (nSPS) is 13.4. The molecule has 0 aromatic heterocycles. The molecule has 0 aliphatic rings. The van der Waals surface area contributed by atoms with Crippen LogP contribution < -0.4 is 10.6 Å². The first kappa shape index (κ1) is 16.6. The highest BCUT2D eigenvalue weighted by atomic mass is 35.5. The maximum atomic E-state index is 11.5. The molecule has 1 unspecified atom stereocenters. The van der Waals surface area contributed by atoms with Gasteiger partial charge in [-0.2, -0.15) is 0 Å². The van der Waals surface area contributed by atoms with Gasteiger partial charge in [-0.25, -0.2) is 9.59 Å². The summed E-state index contributed by atoms with van der Waals surface area (Å²) in [4.78, 5) is 21.9. The third kappa shape index (κ3) is 4.88. The van der Waals surface area contributed by atoms with Gasteiger partial charge >= 0.3 is 12.0 Å². The number of carboxylic acids is 1. The summed E-state index contributed by atoms with van der Waals surface area (Å²) in [6.07, 6.45) is -1.64. The van der Waals surface area contributed by atoms with Crippen LogP contribution in [0, 0.1) is 0 Å². The third-order valence-electron chi connectivity index (χ3n) is 2.52. The van der Waals surface area contributed by atoms with Gasteiger partial charge in [0.15, 0.2) is 6.10 Å². The lowest BCUT2D eigenvalue weighted by Crippen LogP contribution is -2.42. The number of benzene rings is 1. The van der Waals surface area contributed by atoms with Crippen LogP contribution >= 0.6 is 23.2 Å². The molecule has 1 aromatic rings. The lowest BCUT2D eigenvalue weighted by atomic mass is 10.1. The molecule has 0 heterocycles. The highest BCUT2D eigenvalue weighted by Gasteiger charge is 2.16. The second-order valence-electron chi connectivity index (χ2n) is 4.10. The molecule has 2 atom stereocenters. The van der Waals surface area contributed by atoms with Gasteiger partial charge in [-0.15, -0.1) is 0 Å². The zero-order valence-corrected chi connectivity index (χ0v) is 12.1. The molecule has 8 heteroatoms. The number of halogens is 2. The number of hydrogen-bond acceptors (Lipinski definition) is 3. The fourth-order valence-corrected chi connectivity index (χ4v) is 2.03. The molecule has 0 saturated heterocycles. The summed E-state index contributed by atoms with van der Waals surface area (Å²) < 4.78 is 0. The van der Waals surface area contributed by atoms with Gasteiger partial charge in [0.2, 0.25) is 0 Å². The van der Waals surface area contributed by atoms with E-state index >= 15 is 0 Å². The molecule has 0 fully saturated rings. The van der Waals surface area contributed by atoms with E-state index in [4.69, 9.17) is 33.4 Å². The van der Waals surface area contributed by atoms with Crippen LogP contribution in [0.1, 0.15) is 18.5 Å². The summed E-state index contributed by atoms with van der Waals surface area (Å²) in [6.45, 7) is 1.32. The van der Waals surface area contributed by atoms with Crippen LogP contribution in [0.15, 0.2) is 18.2 Å². The predicted octanol–water partition coefficient (Wildman–Crippen LogP) is 1.80. The van der Waals surface area contributed by atoms with Gasteiger partial charge in [-0.1, -0.05) is 29.3 Å². The number of rotatable bonds is 5. The average molecular weight is 321 g/mol. The largest absolute Gasteiger partial charge is 0.479 e. The van der Waals surface area contributed by atoms with E-state index in [2.05, 4.69) is 10.6 Å². The average Bonchev–Trinajstić information content (AvgIpc) is 2.35. The van der Waals surface area contributed by atoms with E-state index < -0.39 is 24.1 Å². The van der Waals surface area contributed by atoms with E-state index in [9.17, 15) is 9.59 Å². The number of urea groups is 1. The number of aliphatic hydroxyl groups is 1. The summed E-state index contributed by atoms with van der Waals surface area (Å²) in [5, 5.41) is 23.2. The number of aliphatic hydroxyl groups excluding tert-OH is 1. The maximum Gasteiger partial charge on any atom is 0.334 e.